The van der Waals surface area contributed by atoms with Gasteiger partial charge in [0.25, 0.3) is 0 Å². The fourth-order valence-electron chi connectivity index (χ4n) is 2.43. The van der Waals surface area contributed by atoms with Crippen LogP contribution in [0.3, 0.4) is 0 Å². The number of imidazole rings is 1. The Balaban J connectivity index is 1.89. The van der Waals surface area contributed by atoms with Crippen LogP contribution in [0.1, 0.15) is 16.8 Å². The van der Waals surface area contributed by atoms with E-state index in [1.54, 1.807) is 13.8 Å². The molecule has 0 aliphatic rings. The van der Waals surface area contributed by atoms with Gasteiger partial charge in [-0.05, 0) is 32.0 Å². The normalized spacial score (nSPS) is 12.7. The molecular weight excluding hydrogens is 355 g/mol. The average Bonchev–Trinajstić information content (AvgIpc) is 2.97. The highest BCUT2D eigenvalue weighted by atomic mass is 32.2. The van der Waals surface area contributed by atoms with Gasteiger partial charge in [0.2, 0.25) is 0 Å². The van der Waals surface area contributed by atoms with Crippen LogP contribution in [0.5, 0.6) is 5.75 Å². The van der Waals surface area contributed by atoms with Crippen LogP contribution in [0.25, 0.3) is 11.0 Å². The monoisotopic (exact) mass is 369 g/mol. The number of fused-ring (bicyclic) bond motifs is 1. The number of pyridine rings is 1. The lowest BCUT2D eigenvalue weighted by atomic mass is 10.1. The maximum absolute atomic E-state index is 13.2. The van der Waals surface area contributed by atoms with Crippen LogP contribution in [-0.4, -0.2) is 25.8 Å². The van der Waals surface area contributed by atoms with Gasteiger partial charge in [-0.15, -0.1) is 0 Å². The van der Waals surface area contributed by atoms with E-state index in [9.17, 15) is 17.4 Å². The Morgan fingerprint density at radius 3 is 2.80 bits per heavy atom. The number of hydrogen-bond donors (Lipinski definition) is 1. The summed E-state index contributed by atoms with van der Waals surface area (Å²) >= 11 is 0. The molecule has 0 saturated heterocycles. The minimum absolute atomic E-state index is 0.0312. The fraction of sp³-hybridized carbons (Fsp3) is 0.250. The first-order chi connectivity index (χ1) is 11.8. The first kappa shape index (κ1) is 17.4. The first-order valence-electron chi connectivity index (χ1n) is 7.28. The summed E-state index contributed by atoms with van der Waals surface area (Å²) in [6.45, 7) is 0.230. The molecule has 25 heavy (non-hydrogen) atoms. The second kappa shape index (κ2) is 6.83. The molecule has 2 heterocycles. The smallest absolute Gasteiger partial charge is 0.387 e. The third kappa shape index (κ3) is 3.65. The molecule has 5 nitrogen and oxygen atoms in total. The van der Waals surface area contributed by atoms with Gasteiger partial charge >= 0.3 is 6.61 Å². The Kier molecular flexibility index (Phi) is 4.76. The zero-order valence-corrected chi connectivity index (χ0v) is 14.2. The van der Waals surface area contributed by atoms with Crippen molar-refractivity contribution in [2.45, 2.75) is 31.4 Å². The molecule has 1 unspecified atom stereocenters. The Labute approximate surface area is 143 Å². The summed E-state index contributed by atoms with van der Waals surface area (Å²) in [4.78, 5) is 11.1. The van der Waals surface area contributed by atoms with Crippen molar-refractivity contribution in [2.75, 3.05) is 0 Å². The van der Waals surface area contributed by atoms with Gasteiger partial charge in [-0.3, -0.25) is 9.19 Å². The summed E-state index contributed by atoms with van der Waals surface area (Å²) in [6, 6.07) is 3.99. The van der Waals surface area contributed by atoms with Gasteiger partial charge in [0.05, 0.1) is 33.3 Å². The number of alkyl halides is 2. The van der Waals surface area contributed by atoms with E-state index in [1.807, 2.05) is 0 Å². The average molecular weight is 369 g/mol. The van der Waals surface area contributed by atoms with E-state index in [2.05, 4.69) is 19.7 Å². The topological polar surface area (TPSA) is 67.9 Å². The molecule has 1 N–H and O–H groups in total. The zero-order chi connectivity index (χ0) is 18.1. The molecule has 0 amide bonds. The molecule has 0 bridgehead atoms. The number of rotatable bonds is 5. The van der Waals surface area contributed by atoms with E-state index in [0.717, 1.165) is 0 Å². The number of benzene rings is 1. The van der Waals surface area contributed by atoms with E-state index in [0.29, 0.717) is 27.9 Å². The van der Waals surface area contributed by atoms with Crippen molar-refractivity contribution in [3.8, 4) is 5.75 Å². The number of nitrogens with one attached hydrogen (secondary N) is 1. The van der Waals surface area contributed by atoms with Crippen molar-refractivity contribution in [3.05, 3.63) is 47.0 Å². The predicted molar refractivity (Wildman–Crippen MR) is 86.5 cm³/mol. The van der Waals surface area contributed by atoms with Crippen LogP contribution in [-0.2, 0) is 16.6 Å². The van der Waals surface area contributed by atoms with Crippen molar-refractivity contribution in [1.29, 1.82) is 0 Å². The van der Waals surface area contributed by atoms with Crippen LogP contribution in [0, 0.1) is 19.7 Å². The molecule has 0 fully saturated rings. The minimum atomic E-state index is -2.96. The number of ether oxygens (including phenoxy) is 1. The number of hydrogen-bond acceptors (Lipinski definition) is 4. The highest BCUT2D eigenvalue weighted by Crippen LogP contribution is 2.27. The van der Waals surface area contributed by atoms with Gasteiger partial charge in [-0.25, -0.2) is 9.37 Å². The number of aryl methyl sites for hydroxylation is 1. The molecule has 1 aromatic carbocycles. The lowest BCUT2D eigenvalue weighted by Crippen LogP contribution is -2.09. The lowest BCUT2D eigenvalue weighted by molar-refractivity contribution is -0.0508. The van der Waals surface area contributed by atoms with E-state index >= 15 is 0 Å². The quantitative estimate of drug-likeness (QED) is 0.746. The van der Waals surface area contributed by atoms with Gasteiger partial charge in [0.1, 0.15) is 11.6 Å². The van der Waals surface area contributed by atoms with Gasteiger partial charge in [0, 0.05) is 17.3 Å². The van der Waals surface area contributed by atoms with Crippen molar-refractivity contribution >= 4 is 21.8 Å². The van der Waals surface area contributed by atoms with Gasteiger partial charge < -0.3 is 9.72 Å². The molecule has 3 aromatic rings. The van der Waals surface area contributed by atoms with Crippen LogP contribution in [0.15, 0.2) is 29.6 Å². The maximum atomic E-state index is 13.2. The minimum Gasteiger partial charge on any atom is -0.434 e. The largest absolute Gasteiger partial charge is 0.434 e. The second-order valence-electron chi connectivity index (χ2n) is 5.41. The Morgan fingerprint density at radius 1 is 1.32 bits per heavy atom. The molecule has 0 aliphatic heterocycles. The Hall–Kier alpha value is -2.42. The number of nitrogens with zero attached hydrogens (tertiary/aromatic N) is 2. The maximum Gasteiger partial charge on any atom is 0.387 e. The summed E-state index contributed by atoms with van der Waals surface area (Å²) in [5.41, 5.74) is 2.15. The number of aromatic amines is 1. The van der Waals surface area contributed by atoms with E-state index in [1.165, 1.54) is 24.4 Å². The summed E-state index contributed by atoms with van der Waals surface area (Å²) in [5, 5.41) is 0.165. The Bertz CT molecular complexity index is 959. The summed E-state index contributed by atoms with van der Waals surface area (Å²) in [7, 11) is -1.61. The molecule has 1 atom stereocenters. The van der Waals surface area contributed by atoms with Crippen molar-refractivity contribution in [3.63, 3.8) is 0 Å². The molecular formula is C16H14F3N3O2S. The summed E-state index contributed by atoms with van der Waals surface area (Å²) in [6.07, 6.45) is 1.39. The number of H-pyrrole nitrogens is 1. The third-order valence-corrected chi connectivity index (χ3v) is 4.82. The lowest BCUT2D eigenvalue weighted by Gasteiger charge is -2.13. The number of aromatic nitrogens is 3. The van der Waals surface area contributed by atoms with Crippen LogP contribution >= 0.6 is 0 Å². The standard InChI is InChI=1S/C16H14F3N3O2S/c1-8-6-20-13(9(2)14(8)24-15(18)19)7-25(23)16-21-11-4-3-10(17)5-12(11)22-16/h3-6,15H,7H2,1-2H3,(H,21,22). The van der Waals surface area contributed by atoms with Gasteiger partial charge in [-0.2, -0.15) is 8.78 Å². The zero-order valence-electron chi connectivity index (χ0n) is 13.3. The highest BCUT2D eigenvalue weighted by molar-refractivity contribution is 7.84. The molecule has 9 heteroatoms. The second-order valence-corrected chi connectivity index (χ2v) is 6.78. The van der Waals surface area contributed by atoms with Crippen molar-refractivity contribution in [2.24, 2.45) is 0 Å². The highest BCUT2D eigenvalue weighted by Gasteiger charge is 2.18. The Morgan fingerprint density at radius 2 is 2.08 bits per heavy atom. The van der Waals surface area contributed by atoms with Crippen molar-refractivity contribution in [1.82, 2.24) is 15.0 Å². The van der Waals surface area contributed by atoms with Crippen molar-refractivity contribution < 1.29 is 22.1 Å². The molecule has 0 aliphatic carbocycles. The van der Waals surface area contributed by atoms with E-state index in [4.69, 9.17) is 0 Å². The molecule has 132 valence electrons. The first-order valence-corrected chi connectivity index (χ1v) is 8.60. The summed E-state index contributed by atoms with van der Waals surface area (Å²) < 4.78 is 55.4. The molecule has 2 aromatic heterocycles. The SMILES string of the molecule is Cc1cnc(CS(=O)c2nc3ccc(F)cc3[nH]2)c(C)c1OC(F)F. The van der Waals surface area contributed by atoms with Crippen LogP contribution in [0.4, 0.5) is 13.2 Å². The van der Waals surface area contributed by atoms with Crippen LogP contribution in [0.2, 0.25) is 0 Å². The van der Waals surface area contributed by atoms with Gasteiger partial charge in [-0.1, -0.05) is 0 Å². The predicted octanol–water partition coefficient (Wildman–Crippen LogP) is 3.62. The van der Waals surface area contributed by atoms with E-state index < -0.39 is 23.2 Å². The third-order valence-electron chi connectivity index (χ3n) is 3.66. The molecule has 0 saturated carbocycles. The van der Waals surface area contributed by atoms with Crippen LogP contribution < -0.4 is 4.74 Å². The fourth-order valence-corrected chi connectivity index (χ4v) is 3.53. The molecule has 0 spiro atoms. The van der Waals surface area contributed by atoms with Gasteiger partial charge in [0.15, 0.2) is 5.16 Å². The molecule has 0 radical (unpaired) electrons. The molecule has 3 rings (SSSR count). The summed E-state index contributed by atoms with van der Waals surface area (Å²) in [5.74, 6) is -0.435. The van der Waals surface area contributed by atoms with E-state index in [-0.39, 0.29) is 16.7 Å². The number of halogens is 3.